The van der Waals surface area contributed by atoms with Crippen LogP contribution in [0.25, 0.3) is 5.69 Å². The lowest BCUT2D eigenvalue weighted by atomic mass is 10.3. The summed E-state index contributed by atoms with van der Waals surface area (Å²) < 4.78 is 1.71. The van der Waals surface area contributed by atoms with Crippen LogP contribution in [0.15, 0.2) is 41.7 Å². The zero-order chi connectivity index (χ0) is 13.0. The first kappa shape index (κ1) is 12.4. The molecule has 0 aliphatic rings. The molecule has 0 spiro atoms. The van der Waals surface area contributed by atoms with E-state index in [0.29, 0.717) is 11.3 Å². The predicted molar refractivity (Wildman–Crippen MR) is 67.3 cm³/mol. The van der Waals surface area contributed by atoms with Gasteiger partial charge in [-0.1, -0.05) is 30.0 Å². The van der Waals surface area contributed by atoms with E-state index >= 15 is 0 Å². The normalized spacial score (nSPS) is 10.2. The molecule has 0 aliphatic heterocycles. The van der Waals surface area contributed by atoms with Gasteiger partial charge < -0.3 is 5.11 Å². The van der Waals surface area contributed by atoms with E-state index in [1.165, 1.54) is 6.33 Å². The molecule has 0 amide bonds. The number of para-hydroxylation sites is 1. The molecule has 92 valence electrons. The zero-order valence-corrected chi connectivity index (χ0v) is 10.1. The summed E-state index contributed by atoms with van der Waals surface area (Å²) in [6.07, 6.45) is 2.15. The summed E-state index contributed by atoms with van der Waals surface area (Å²) in [5.74, 6) is -1.04. The Morgan fingerprint density at radius 1 is 1.39 bits per heavy atom. The second-order valence-corrected chi connectivity index (χ2v) is 4.40. The van der Waals surface area contributed by atoms with Gasteiger partial charge in [0, 0.05) is 5.69 Å². The van der Waals surface area contributed by atoms with E-state index in [2.05, 4.69) is 4.98 Å². The number of imidazole rings is 1. The van der Waals surface area contributed by atoms with Crippen molar-refractivity contribution in [3.8, 4) is 5.69 Å². The van der Waals surface area contributed by atoms with Gasteiger partial charge in [0.15, 0.2) is 6.29 Å². The van der Waals surface area contributed by atoms with Gasteiger partial charge in [-0.25, -0.2) is 4.98 Å². The fourth-order valence-corrected chi connectivity index (χ4v) is 2.28. The van der Waals surface area contributed by atoms with Crippen molar-refractivity contribution in [3.05, 3.63) is 42.4 Å². The molecule has 2 rings (SSSR count). The Hall–Kier alpha value is -2.08. The van der Waals surface area contributed by atoms with Crippen LogP contribution in [-0.2, 0) is 4.79 Å². The second kappa shape index (κ2) is 5.50. The number of aliphatic carboxylic acids is 1. The highest BCUT2D eigenvalue weighted by atomic mass is 32.2. The molecular weight excluding hydrogens is 252 g/mol. The number of rotatable bonds is 5. The largest absolute Gasteiger partial charge is 0.481 e. The Bertz CT molecular complexity index is 566. The SMILES string of the molecule is O=Cc1ncn(-c2ccccc2)c1SCC(=O)O. The van der Waals surface area contributed by atoms with E-state index in [9.17, 15) is 9.59 Å². The number of hydrogen-bond donors (Lipinski definition) is 1. The monoisotopic (exact) mass is 262 g/mol. The molecule has 2 aromatic rings. The molecule has 1 aromatic heterocycles. The number of carbonyl (C=O) groups excluding carboxylic acids is 1. The van der Waals surface area contributed by atoms with Gasteiger partial charge in [-0.15, -0.1) is 0 Å². The third-order valence-corrected chi connectivity index (χ3v) is 3.30. The fraction of sp³-hybridized carbons (Fsp3) is 0.0833. The minimum absolute atomic E-state index is 0.112. The standard InChI is InChI=1S/C12H10N2O3S/c15-6-10-12(18-7-11(16)17)14(8-13-10)9-4-2-1-3-5-9/h1-6,8H,7H2,(H,16,17). The van der Waals surface area contributed by atoms with Gasteiger partial charge in [-0.2, -0.15) is 0 Å². The maximum absolute atomic E-state index is 10.9. The molecule has 0 fully saturated rings. The van der Waals surface area contributed by atoms with Crippen LogP contribution >= 0.6 is 11.8 Å². The lowest BCUT2D eigenvalue weighted by molar-refractivity contribution is -0.133. The molecule has 0 aliphatic carbocycles. The van der Waals surface area contributed by atoms with Crippen LogP contribution in [0.1, 0.15) is 10.5 Å². The first-order valence-corrected chi connectivity index (χ1v) is 6.13. The van der Waals surface area contributed by atoms with Gasteiger partial charge in [-0.3, -0.25) is 14.2 Å². The Morgan fingerprint density at radius 2 is 2.11 bits per heavy atom. The van der Waals surface area contributed by atoms with E-state index in [1.54, 1.807) is 4.57 Å². The number of aromatic nitrogens is 2. The molecule has 0 atom stereocenters. The summed E-state index contributed by atoms with van der Waals surface area (Å²) in [7, 11) is 0. The van der Waals surface area contributed by atoms with Crippen molar-refractivity contribution in [2.45, 2.75) is 5.03 Å². The molecule has 0 radical (unpaired) electrons. The predicted octanol–water partition coefficient (Wildman–Crippen LogP) is 1.86. The molecule has 0 bridgehead atoms. The smallest absolute Gasteiger partial charge is 0.313 e. The highest BCUT2D eigenvalue weighted by Gasteiger charge is 2.13. The first-order valence-electron chi connectivity index (χ1n) is 5.15. The van der Waals surface area contributed by atoms with Crippen molar-refractivity contribution in [1.29, 1.82) is 0 Å². The highest BCUT2D eigenvalue weighted by Crippen LogP contribution is 2.24. The average Bonchev–Trinajstić information content (AvgIpc) is 2.80. The van der Waals surface area contributed by atoms with Crippen LogP contribution in [0.4, 0.5) is 0 Å². The number of carbonyl (C=O) groups is 2. The highest BCUT2D eigenvalue weighted by molar-refractivity contribution is 8.00. The Kier molecular flexibility index (Phi) is 3.78. The number of aldehydes is 1. The van der Waals surface area contributed by atoms with Gasteiger partial charge in [0.25, 0.3) is 0 Å². The Morgan fingerprint density at radius 3 is 2.72 bits per heavy atom. The quantitative estimate of drug-likeness (QED) is 0.657. The van der Waals surface area contributed by atoms with Crippen LogP contribution in [0.2, 0.25) is 0 Å². The van der Waals surface area contributed by atoms with E-state index in [-0.39, 0.29) is 11.4 Å². The van der Waals surface area contributed by atoms with Crippen LogP contribution in [0, 0.1) is 0 Å². The molecule has 5 nitrogen and oxygen atoms in total. The number of thioether (sulfide) groups is 1. The molecule has 6 heteroatoms. The molecule has 0 saturated carbocycles. The lowest BCUT2D eigenvalue weighted by Crippen LogP contribution is -2.01. The van der Waals surface area contributed by atoms with E-state index in [1.807, 2.05) is 30.3 Å². The molecule has 1 heterocycles. The Balaban J connectivity index is 2.39. The number of carboxylic acid groups (broad SMARTS) is 1. The maximum Gasteiger partial charge on any atom is 0.313 e. The lowest BCUT2D eigenvalue weighted by Gasteiger charge is -2.06. The summed E-state index contributed by atoms with van der Waals surface area (Å²) in [4.78, 5) is 25.5. The average molecular weight is 262 g/mol. The maximum atomic E-state index is 10.9. The molecule has 1 aromatic carbocycles. The molecule has 1 N–H and O–H groups in total. The Labute approximate surface area is 107 Å². The number of hydrogen-bond acceptors (Lipinski definition) is 4. The summed E-state index contributed by atoms with van der Waals surface area (Å²) >= 11 is 1.08. The van der Waals surface area contributed by atoms with Crippen molar-refractivity contribution in [2.75, 3.05) is 5.75 Å². The zero-order valence-electron chi connectivity index (χ0n) is 9.31. The van der Waals surface area contributed by atoms with E-state index < -0.39 is 5.97 Å². The van der Waals surface area contributed by atoms with Gasteiger partial charge in [-0.05, 0) is 12.1 Å². The third-order valence-electron chi connectivity index (χ3n) is 2.23. The van der Waals surface area contributed by atoms with Gasteiger partial charge in [0.1, 0.15) is 17.0 Å². The summed E-state index contributed by atoms with van der Waals surface area (Å²) in [6, 6.07) is 9.33. The van der Waals surface area contributed by atoms with Crippen LogP contribution < -0.4 is 0 Å². The molecular formula is C12H10N2O3S. The van der Waals surface area contributed by atoms with Crippen LogP contribution in [0.3, 0.4) is 0 Å². The van der Waals surface area contributed by atoms with Crippen LogP contribution in [-0.4, -0.2) is 32.7 Å². The van der Waals surface area contributed by atoms with E-state index in [0.717, 1.165) is 17.4 Å². The van der Waals surface area contributed by atoms with Crippen LogP contribution in [0.5, 0.6) is 0 Å². The molecule has 0 unspecified atom stereocenters. The van der Waals surface area contributed by atoms with Gasteiger partial charge in [0.2, 0.25) is 0 Å². The summed E-state index contributed by atoms with van der Waals surface area (Å²) in [6.45, 7) is 0. The number of benzene rings is 1. The van der Waals surface area contributed by atoms with Crippen molar-refractivity contribution in [3.63, 3.8) is 0 Å². The van der Waals surface area contributed by atoms with Crippen molar-refractivity contribution in [1.82, 2.24) is 9.55 Å². The molecule has 0 saturated heterocycles. The first-order chi connectivity index (χ1) is 8.72. The minimum atomic E-state index is -0.933. The third kappa shape index (κ3) is 2.60. The minimum Gasteiger partial charge on any atom is -0.481 e. The second-order valence-electron chi connectivity index (χ2n) is 3.44. The van der Waals surface area contributed by atoms with E-state index in [4.69, 9.17) is 5.11 Å². The number of nitrogens with zero attached hydrogens (tertiary/aromatic N) is 2. The van der Waals surface area contributed by atoms with Gasteiger partial charge in [0.05, 0.1) is 5.75 Å². The molecule has 18 heavy (non-hydrogen) atoms. The van der Waals surface area contributed by atoms with Crippen molar-refractivity contribution >= 4 is 24.0 Å². The van der Waals surface area contributed by atoms with Crippen molar-refractivity contribution in [2.24, 2.45) is 0 Å². The fourth-order valence-electron chi connectivity index (χ4n) is 1.48. The van der Waals surface area contributed by atoms with Gasteiger partial charge >= 0.3 is 5.97 Å². The summed E-state index contributed by atoms with van der Waals surface area (Å²) in [5.41, 5.74) is 1.09. The summed E-state index contributed by atoms with van der Waals surface area (Å²) in [5, 5.41) is 9.24. The topological polar surface area (TPSA) is 72.2 Å². The number of carboxylic acids is 1. The van der Waals surface area contributed by atoms with Crippen molar-refractivity contribution < 1.29 is 14.7 Å².